The van der Waals surface area contributed by atoms with Crippen LogP contribution in [-0.2, 0) is 14.3 Å². The predicted octanol–water partition coefficient (Wildman–Crippen LogP) is 0.704. The van der Waals surface area contributed by atoms with E-state index in [1.807, 2.05) is 6.92 Å². The standard InChI is InChI=1S/C15H20O5/c1-7-6-10-11(8(2)14(18)19-10)12(17)13-15(3,20-13)5-4-9(7)16/h6,9-13,16-17H,2,4-5H2,1,3H3/b7-6+/t9-,10-,11+,12-,13-,15+/m0/s1. The zero-order chi connectivity index (χ0) is 14.7. The third-order valence-corrected chi connectivity index (χ3v) is 4.75. The number of hydrogen-bond donors (Lipinski definition) is 2. The van der Waals surface area contributed by atoms with Crippen molar-refractivity contribution in [3.05, 3.63) is 23.8 Å². The molecule has 0 aromatic carbocycles. The van der Waals surface area contributed by atoms with E-state index in [1.165, 1.54) is 0 Å². The number of rotatable bonds is 0. The lowest BCUT2D eigenvalue weighted by Crippen LogP contribution is -2.36. The van der Waals surface area contributed by atoms with Gasteiger partial charge in [-0.15, -0.1) is 0 Å². The fourth-order valence-electron chi connectivity index (χ4n) is 3.24. The van der Waals surface area contributed by atoms with Gasteiger partial charge in [-0.25, -0.2) is 4.79 Å². The van der Waals surface area contributed by atoms with E-state index in [0.717, 1.165) is 5.57 Å². The molecular formula is C15H20O5. The Hall–Kier alpha value is -1.17. The Labute approximate surface area is 117 Å². The largest absolute Gasteiger partial charge is 0.454 e. The van der Waals surface area contributed by atoms with E-state index >= 15 is 0 Å². The van der Waals surface area contributed by atoms with Gasteiger partial charge in [0.25, 0.3) is 0 Å². The lowest BCUT2D eigenvalue weighted by molar-refractivity contribution is -0.137. The summed E-state index contributed by atoms with van der Waals surface area (Å²) >= 11 is 0. The van der Waals surface area contributed by atoms with Crippen molar-refractivity contribution in [1.29, 1.82) is 0 Å². The van der Waals surface area contributed by atoms with Crippen molar-refractivity contribution in [2.75, 3.05) is 0 Å². The molecule has 3 aliphatic rings. The minimum Gasteiger partial charge on any atom is -0.454 e. The van der Waals surface area contributed by atoms with Crippen LogP contribution in [0.4, 0.5) is 0 Å². The van der Waals surface area contributed by atoms with E-state index in [-0.39, 0.29) is 11.7 Å². The molecule has 0 radical (unpaired) electrons. The second-order valence-corrected chi connectivity index (χ2v) is 6.23. The van der Waals surface area contributed by atoms with Crippen molar-refractivity contribution in [2.45, 2.75) is 56.7 Å². The molecule has 5 nitrogen and oxygen atoms in total. The summed E-state index contributed by atoms with van der Waals surface area (Å²) in [6.07, 6.45) is 0.642. The Balaban J connectivity index is 1.97. The van der Waals surface area contributed by atoms with Gasteiger partial charge in [0.15, 0.2) is 0 Å². The van der Waals surface area contributed by atoms with Gasteiger partial charge in [0, 0.05) is 5.57 Å². The molecule has 2 N–H and O–H groups in total. The minimum absolute atomic E-state index is 0.277. The number of ether oxygens (including phenoxy) is 2. The SMILES string of the molecule is C=C1C(=O)O[C@H]2/C=C(\C)[C@@H](O)CC[C@@]3(C)O[C@H]3[C@@H](O)[C@H]12. The zero-order valence-corrected chi connectivity index (χ0v) is 11.7. The topological polar surface area (TPSA) is 79.3 Å². The van der Waals surface area contributed by atoms with Crippen molar-refractivity contribution < 1.29 is 24.5 Å². The molecule has 0 saturated carbocycles. The molecule has 110 valence electrons. The van der Waals surface area contributed by atoms with Crippen LogP contribution < -0.4 is 0 Å². The molecule has 20 heavy (non-hydrogen) atoms. The summed E-state index contributed by atoms with van der Waals surface area (Å²) in [5, 5.41) is 20.6. The summed E-state index contributed by atoms with van der Waals surface area (Å²) in [5.41, 5.74) is 0.589. The number of esters is 1. The highest BCUT2D eigenvalue weighted by atomic mass is 16.6. The van der Waals surface area contributed by atoms with Gasteiger partial charge >= 0.3 is 5.97 Å². The summed E-state index contributed by atoms with van der Waals surface area (Å²) in [6.45, 7) is 7.46. The van der Waals surface area contributed by atoms with Crippen LogP contribution in [0.3, 0.4) is 0 Å². The molecule has 3 rings (SSSR count). The first-order chi connectivity index (χ1) is 9.33. The Morgan fingerprint density at radius 3 is 2.85 bits per heavy atom. The van der Waals surface area contributed by atoms with Crippen molar-refractivity contribution >= 4 is 5.97 Å². The fraction of sp³-hybridized carbons (Fsp3) is 0.667. The van der Waals surface area contributed by atoms with Crippen LogP contribution in [-0.4, -0.2) is 46.2 Å². The molecule has 2 fully saturated rings. The van der Waals surface area contributed by atoms with Gasteiger partial charge in [-0.05, 0) is 38.3 Å². The van der Waals surface area contributed by atoms with Gasteiger partial charge in [0.1, 0.15) is 12.2 Å². The summed E-state index contributed by atoms with van der Waals surface area (Å²) in [4.78, 5) is 11.7. The van der Waals surface area contributed by atoms with Crippen LogP contribution in [0.15, 0.2) is 23.8 Å². The Kier molecular flexibility index (Phi) is 3.04. The number of fused-ring (bicyclic) bond motifs is 2. The molecule has 1 aliphatic carbocycles. The first kappa shape index (κ1) is 13.8. The third kappa shape index (κ3) is 2.01. The van der Waals surface area contributed by atoms with E-state index in [2.05, 4.69) is 6.58 Å². The number of hydrogen-bond acceptors (Lipinski definition) is 5. The average Bonchev–Trinajstić information content (AvgIpc) is 2.99. The molecule has 2 saturated heterocycles. The number of epoxide rings is 1. The van der Waals surface area contributed by atoms with Crippen molar-refractivity contribution in [1.82, 2.24) is 0 Å². The van der Waals surface area contributed by atoms with Gasteiger partial charge in [0.2, 0.25) is 0 Å². The van der Waals surface area contributed by atoms with Crippen molar-refractivity contribution in [3.8, 4) is 0 Å². The van der Waals surface area contributed by atoms with E-state index in [9.17, 15) is 15.0 Å². The van der Waals surface area contributed by atoms with Crippen LogP contribution in [0.1, 0.15) is 26.7 Å². The molecule has 0 amide bonds. The van der Waals surface area contributed by atoms with E-state index in [0.29, 0.717) is 12.8 Å². The molecule has 0 bridgehead atoms. The first-order valence-corrected chi connectivity index (χ1v) is 6.95. The Bertz CT molecular complexity index is 496. The van der Waals surface area contributed by atoms with Gasteiger partial charge in [-0.1, -0.05) is 6.58 Å². The van der Waals surface area contributed by atoms with Crippen LogP contribution >= 0.6 is 0 Å². The minimum atomic E-state index is -0.816. The maximum atomic E-state index is 11.7. The highest BCUT2D eigenvalue weighted by Crippen LogP contribution is 2.48. The molecule has 0 unspecified atom stereocenters. The predicted molar refractivity (Wildman–Crippen MR) is 70.8 cm³/mol. The molecule has 6 atom stereocenters. The maximum Gasteiger partial charge on any atom is 0.334 e. The third-order valence-electron chi connectivity index (χ3n) is 4.75. The maximum absolute atomic E-state index is 11.7. The monoisotopic (exact) mass is 280 g/mol. The second-order valence-electron chi connectivity index (χ2n) is 6.23. The molecule has 2 aliphatic heterocycles. The quantitative estimate of drug-likeness (QED) is 0.295. The average molecular weight is 280 g/mol. The van der Waals surface area contributed by atoms with E-state index in [4.69, 9.17) is 9.47 Å². The molecule has 2 heterocycles. The van der Waals surface area contributed by atoms with Gasteiger partial charge in [0.05, 0.1) is 23.7 Å². The van der Waals surface area contributed by atoms with Crippen LogP contribution in [0.25, 0.3) is 0 Å². The lowest BCUT2D eigenvalue weighted by atomic mass is 9.82. The van der Waals surface area contributed by atoms with Crippen LogP contribution in [0, 0.1) is 5.92 Å². The van der Waals surface area contributed by atoms with Crippen LogP contribution in [0.2, 0.25) is 0 Å². The number of carbonyl (C=O) groups excluding carboxylic acids is 1. The molecule has 5 heteroatoms. The van der Waals surface area contributed by atoms with Crippen LogP contribution in [0.5, 0.6) is 0 Å². The Morgan fingerprint density at radius 1 is 1.45 bits per heavy atom. The molecular weight excluding hydrogens is 260 g/mol. The van der Waals surface area contributed by atoms with Gasteiger partial charge < -0.3 is 19.7 Å². The summed E-state index contributed by atoms with van der Waals surface area (Å²) in [6, 6.07) is 0. The van der Waals surface area contributed by atoms with Gasteiger partial charge in [-0.3, -0.25) is 0 Å². The smallest absolute Gasteiger partial charge is 0.334 e. The molecule has 0 aromatic rings. The normalized spacial score (nSPS) is 50.6. The zero-order valence-electron chi connectivity index (χ0n) is 11.7. The molecule has 0 spiro atoms. The molecule has 0 aromatic heterocycles. The summed E-state index contributed by atoms with van der Waals surface area (Å²) < 4.78 is 10.9. The first-order valence-electron chi connectivity index (χ1n) is 6.95. The lowest BCUT2D eigenvalue weighted by Gasteiger charge is -2.24. The van der Waals surface area contributed by atoms with E-state index < -0.39 is 35.8 Å². The number of aliphatic hydroxyl groups is 2. The summed E-state index contributed by atoms with van der Waals surface area (Å²) in [7, 11) is 0. The Morgan fingerprint density at radius 2 is 2.15 bits per heavy atom. The highest BCUT2D eigenvalue weighted by molar-refractivity contribution is 5.91. The van der Waals surface area contributed by atoms with Crippen molar-refractivity contribution in [2.24, 2.45) is 5.92 Å². The second kappa shape index (κ2) is 4.41. The fourth-order valence-corrected chi connectivity index (χ4v) is 3.24. The number of aliphatic hydroxyl groups excluding tert-OH is 2. The number of carbonyl (C=O) groups is 1. The van der Waals surface area contributed by atoms with Crippen molar-refractivity contribution in [3.63, 3.8) is 0 Å². The van der Waals surface area contributed by atoms with E-state index in [1.54, 1.807) is 13.0 Å². The van der Waals surface area contributed by atoms with Gasteiger partial charge in [-0.2, -0.15) is 0 Å². The summed E-state index contributed by atoms with van der Waals surface area (Å²) in [5.74, 6) is -0.992. The highest BCUT2D eigenvalue weighted by Gasteiger charge is 2.60.